The largest absolute Gasteiger partial charge is 0.494 e. The molecule has 2 amide bonds. The predicted octanol–water partition coefficient (Wildman–Crippen LogP) is 4.94. The van der Waals surface area contributed by atoms with Gasteiger partial charge in [-0.05, 0) is 85.0 Å². The lowest BCUT2D eigenvalue weighted by molar-refractivity contribution is 0.0700. The first-order valence-corrected chi connectivity index (χ1v) is 15.5. The van der Waals surface area contributed by atoms with E-state index in [0.29, 0.717) is 28.7 Å². The van der Waals surface area contributed by atoms with Gasteiger partial charge < -0.3 is 30.2 Å². The zero-order valence-corrected chi connectivity index (χ0v) is 25.0. The molecule has 2 aliphatic carbocycles. The monoisotopic (exact) mass is 588 g/mol. The first-order valence-electron chi connectivity index (χ1n) is 15.5. The number of benzene rings is 3. The van der Waals surface area contributed by atoms with E-state index in [1.165, 1.54) is 12.8 Å². The fourth-order valence-corrected chi connectivity index (χ4v) is 7.47. The van der Waals surface area contributed by atoms with Crippen molar-refractivity contribution >= 4 is 33.8 Å². The zero-order chi connectivity index (χ0) is 30.3. The summed E-state index contributed by atoms with van der Waals surface area (Å²) in [6.45, 7) is 1.63. The number of carbonyl (C=O) groups excluding carboxylic acids is 2. The summed E-state index contributed by atoms with van der Waals surface area (Å²) < 4.78 is 10.3. The molecule has 0 spiro atoms. The number of aromatic nitrogens is 3. The quantitative estimate of drug-likeness (QED) is 0.279. The normalized spacial score (nSPS) is 21.1. The third-order valence-corrected chi connectivity index (χ3v) is 10.1. The van der Waals surface area contributed by atoms with Crippen LogP contribution >= 0.6 is 0 Å². The third kappa shape index (κ3) is 4.21. The molecule has 1 aliphatic heterocycles. The fourth-order valence-electron chi connectivity index (χ4n) is 7.47. The van der Waals surface area contributed by atoms with Gasteiger partial charge in [0, 0.05) is 54.3 Å². The van der Waals surface area contributed by atoms with E-state index in [-0.39, 0.29) is 18.0 Å². The number of methoxy groups -OCH3 is 1. The van der Waals surface area contributed by atoms with Gasteiger partial charge >= 0.3 is 0 Å². The number of carbonyl (C=O) groups is 2. The van der Waals surface area contributed by atoms with Crippen LogP contribution in [-0.2, 0) is 13.6 Å². The first kappa shape index (κ1) is 27.0. The number of nitrogens with two attached hydrogens (primary N) is 2. The van der Waals surface area contributed by atoms with Crippen LogP contribution in [0.2, 0.25) is 0 Å². The van der Waals surface area contributed by atoms with E-state index in [1.807, 2.05) is 36.2 Å². The number of hydrogen-bond acceptors (Lipinski definition) is 5. The van der Waals surface area contributed by atoms with Crippen molar-refractivity contribution in [1.29, 1.82) is 0 Å². The van der Waals surface area contributed by atoms with Crippen molar-refractivity contribution in [3.63, 3.8) is 0 Å². The Hall–Kier alpha value is -4.63. The summed E-state index contributed by atoms with van der Waals surface area (Å²) in [6, 6.07) is 20.0. The smallest absolute Gasteiger partial charge is 0.254 e. The number of imidazole rings is 1. The highest BCUT2D eigenvalue weighted by Gasteiger charge is 2.47. The Balaban J connectivity index is 1.22. The van der Waals surface area contributed by atoms with E-state index in [2.05, 4.69) is 33.4 Å². The van der Waals surface area contributed by atoms with Gasteiger partial charge in [0.15, 0.2) is 5.82 Å². The molecule has 9 heteroatoms. The van der Waals surface area contributed by atoms with Crippen LogP contribution in [0.1, 0.15) is 46.4 Å². The summed E-state index contributed by atoms with van der Waals surface area (Å²) in [5, 5.41) is 1.13. The molecule has 2 bridgehead atoms. The Kier molecular flexibility index (Phi) is 6.10. The second kappa shape index (κ2) is 9.95. The molecule has 3 atom stereocenters. The second-order valence-electron chi connectivity index (χ2n) is 12.8. The minimum atomic E-state index is -0.433. The van der Waals surface area contributed by atoms with E-state index in [0.717, 1.165) is 70.5 Å². The first-order chi connectivity index (χ1) is 21.3. The van der Waals surface area contributed by atoms with Gasteiger partial charge in [0.2, 0.25) is 5.91 Å². The van der Waals surface area contributed by atoms with Gasteiger partial charge in [-0.3, -0.25) is 9.59 Å². The number of rotatable bonds is 7. The van der Waals surface area contributed by atoms with Crippen LogP contribution in [0, 0.1) is 11.8 Å². The molecule has 3 unspecified atom stereocenters. The van der Waals surface area contributed by atoms with Crippen molar-refractivity contribution in [2.75, 3.05) is 13.7 Å². The molecule has 3 heterocycles. The van der Waals surface area contributed by atoms with Crippen LogP contribution in [-0.4, -0.2) is 56.6 Å². The number of hydrogen-bond donors (Lipinski definition) is 2. The topological polar surface area (TPSA) is 121 Å². The Bertz CT molecular complexity index is 1970. The number of aryl methyl sites for hydroxylation is 1. The standard InChI is InChI=1S/C35H36N6O3/c1-39-32-26(13-25(16-30(32)44-2)35(43)41-18-24-11-12-27(41)31(24)36)38-34(39)29-15-23-10-9-22(14-28(23)40(29)17-19-3-4-19)20-5-7-21(8-6-20)33(37)42/h5-10,13-16,19,24,27,31H,3-4,11-12,17-18,36H2,1-2H3,(H2,37,42). The summed E-state index contributed by atoms with van der Waals surface area (Å²) in [5.74, 6) is 2.05. The molecular weight excluding hydrogens is 552 g/mol. The number of ether oxygens (including phenoxy) is 1. The average Bonchev–Trinajstić information content (AvgIpc) is 3.44. The predicted molar refractivity (Wildman–Crippen MR) is 170 cm³/mol. The van der Waals surface area contributed by atoms with Gasteiger partial charge in [-0.1, -0.05) is 24.3 Å². The van der Waals surface area contributed by atoms with E-state index in [9.17, 15) is 9.59 Å². The molecule has 3 aromatic carbocycles. The average molecular weight is 589 g/mol. The molecule has 4 N–H and O–H groups in total. The van der Waals surface area contributed by atoms with E-state index >= 15 is 0 Å². The summed E-state index contributed by atoms with van der Waals surface area (Å²) in [7, 11) is 3.66. The van der Waals surface area contributed by atoms with Crippen LogP contribution in [0.3, 0.4) is 0 Å². The van der Waals surface area contributed by atoms with Gasteiger partial charge in [-0.2, -0.15) is 0 Å². The number of amides is 2. The van der Waals surface area contributed by atoms with E-state index in [1.54, 1.807) is 19.2 Å². The maximum atomic E-state index is 13.7. The second-order valence-corrected chi connectivity index (χ2v) is 12.8. The van der Waals surface area contributed by atoms with Crippen LogP contribution in [0.25, 0.3) is 44.6 Å². The highest BCUT2D eigenvalue weighted by molar-refractivity contribution is 6.01. The molecule has 2 saturated carbocycles. The van der Waals surface area contributed by atoms with E-state index in [4.69, 9.17) is 21.2 Å². The van der Waals surface area contributed by atoms with Crippen LogP contribution in [0.5, 0.6) is 5.75 Å². The molecule has 44 heavy (non-hydrogen) atoms. The van der Waals surface area contributed by atoms with Gasteiger partial charge in [-0.15, -0.1) is 0 Å². The third-order valence-electron chi connectivity index (χ3n) is 10.1. The summed E-state index contributed by atoms with van der Waals surface area (Å²) in [4.78, 5) is 32.4. The van der Waals surface area contributed by atoms with Crippen LogP contribution in [0.4, 0.5) is 0 Å². The molecule has 8 rings (SSSR count). The molecular formula is C35H36N6O3. The lowest BCUT2D eigenvalue weighted by atomic mass is 10.0. The highest BCUT2D eigenvalue weighted by Crippen LogP contribution is 2.40. The molecule has 0 radical (unpaired) electrons. The molecule has 2 aromatic heterocycles. The maximum Gasteiger partial charge on any atom is 0.254 e. The van der Waals surface area contributed by atoms with Crippen LogP contribution in [0.15, 0.2) is 60.7 Å². The Morgan fingerprint density at radius 2 is 1.73 bits per heavy atom. The molecule has 3 fully saturated rings. The van der Waals surface area contributed by atoms with Gasteiger partial charge in [-0.25, -0.2) is 4.98 Å². The van der Waals surface area contributed by atoms with Crippen molar-refractivity contribution in [3.05, 3.63) is 71.8 Å². The lowest BCUT2D eigenvalue weighted by Crippen LogP contribution is -2.41. The summed E-state index contributed by atoms with van der Waals surface area (Å²) in [6.07, 6.45) is 4.50. The minimum absolute atomic E-state index is 0.000657. The molecule has 5 aromatic rings. The minimum Gasteiger partial charge on any atom is -0.494 e. The fraction of sp³-hybridized carbons (Fsp3) is 0.343. The van der Waals surface area contributed by atoms with E-state index < -0.39 is 5.91 Å². The highest BCUT2D eigenvalue weighted by atomic mass is 16.5. The number of likely N-dealkylation sites (tertiary alicyclic amines) is 1. The lowest BCUT2D eigenvalue weighted by Gasteiger charge is -2.27. The van der Waals surface area contributed by atoms with Crippen molar-refractivity contribution in [3.8, 4) is 28.4 Å². The van der Waals surface area contributed by atoms with Crippen molar-refractivity contribution in [1.82, 2.24) is 19.0 Å². The SMILES string of the molecule is COc1cc(C(=O)N2CC3CCC2C3N)cc2nc(-c3cc4ccc(-c5ccc(C(N)=O)cc5)cc4n3CC3CC3)n(C)c12. The van der Waals surface area contributed by atoms with Gasteiger partial charge in [0.05, 0.1) is 18.3 Å². The van der Waals surface area contributed by atoms with Crippen LogP contribution < -0.4 is 16.2 Å². The number of primary amides is 1. The number of nitrogens with zero attached hydrogens (tertiary/aromatic N) is 4. The molecule has 3 aliphatic rings. The summed E-state index contributed by atoms with van der Waals surface area (Å²) in [5.41, 5.74) is 18.8. The maximum absolute atomic E-state index is 13.7. The number of piperidine rings is 1. The Morgan fingerprint density at radius 3 is 2.39 bits per heavy atom. The van der Waals surface area contributed by atoms with Gasteiger partial charge in [0.25, 0.3) is 5.91 Å². The van der Waals surface area contributed by atoms with Gasteiger partial charge in [0.1, 0.15) is 11.3 Å². The van der Waals surface area contributed by atoms with Crippen molar-refractivity contribution < 1.29 is 14.3 Å². The van der Waals surface area contributed by atoms with Crippen molar-refractivity contribution in [2.24, 2.45) is 30.4 Å². The Morgan fingerprint density at radius 1 is 0.955 bits per heavy atom. The molecule has 1 saturated heterocycles. The zero-order valence-electron chi connectivity index (χ0n) is 25.0. The summed E-state index contributed by atoms with van der Waals surface area (Å²) >= 11 is 0. The molecule has 9 nitrogen and oxygen atoms in total. The number of fused-ring (bicyclic) bond motifs is 4. The van der Waals surface area contributed by atoms with Crippen molar-refractivity contribution in [2.45, 2.75) is 44.3 Å². The Labute approximate surface area is 255 Å². The molecule has 224 valence electrons.